The van der Waals surface area contributed by atoms with Crippen LogP contribution < -0.4 is 4.74 Å². The van der Waals surface area contributed by atoms with Gasteiger partial charge in [0.05, 0.1) is 11.9 Å². The smallest absolute Gasteiger partial charge is 0.422 e. The van der Waals surface area contributed by atoms with Crippen molar-refractivity contribution >= 4 is 10.9 Å². The Labute approximate surface area is 143 Å². The molecule has 3 aromatic rings. The average Bonchev–Trinajstić information content (AvgIpc) is 2.94. The number of halogens is 3. The van der Waals surface area contributed by atoms with Crippen molar-refractivity contribution < 1.29 is 17.9 Å². The van der Waals surface area contributed by atoms with E-state index >= 15 is 0 Å². The van der Waals surface area contributed by atoms with Gasteiger partial charge in [-0.05, 0) is 35.2 Å². The Bertz CT molecular complexity index is 892. The van der Waals surface area contributed by atoms with Gasteiger partial charge in [0.2, 0.25) is 0 Å². The lowest BCUT2D eigenvalue weighted by Crippen LogP contribution is -2.19. The Balaban J connectivity index is 1.99. The fourth-order valence-electron chi connectivity index (χ4n) is 2.62. The number of aromatic amines is 1. The van der Waals surface area contributed by atoms with Crippen LogP contribution in [0.5, 0.6) is 5.75 Å². The van der Waals surface area contributed by atoms with Crippen LogP contribution in [0.3, 0.4) is 0 Å². The minimum Gasteiger partial charge on any atom is -0.482 e. The molecule has 3 rings (SSSR count). The molecule has 6 heteroatoms. The lowest BCUT2D eigenvalue weighted by atomic mass is 9.86. The number of nitrogens with zero attached hydrogens (tertiary/aromatic N) is 1. The highest BCUT2D eigenvalue weighted by Gasteiger charge is 2.29. The van der Waals surface area contributed by atoms with Crippen LogP contribution in [0.2, 0.25) is 0 Å². The third kappa shape index (κ3) is 3.95. The average molecular weight is 348 g/mol. The van der Waals surface area contributed by atoms with Gasteiger partial charge in [0.25, 0.3) is 0 Å². The third-order valence-corrected chi connectivity index (χ3v) is 3.95. The van der Waals surface area contributed by atoms with E-state index in [1.807, 2.05) is 12.1 Å². The Hall–Kier alpha value is -2.50. The van der Waals surface area contributed by atoms with Gasteiger partial charge in [0, 0.05) is 22.7 Å². The summed E-state index contributed by atoms with van der Waals surface area (Å²) in [5, 5.41) is 1.00. The SMILES string of the molecule is CC(C)(C)c1ccc2[nH]c(-c3ccncc3OCC(F)(F)F)cc2c1. The Morgan fingerprint density at radius 1 is 1.08 bits per heavy atom. The molecule has 1 N–H and O–H groups in total. The van der Waals surface area contributed by atoms with Gasteiger partial charge in [-0.25, -0.2) is 0 Å². The normalized spacial score (nSPS) is 12.6. The number of alkyl halides is 3. The summed E-state index contributed by atoms with van der Waals surface area (Å²) >= 11 is 0. The highest BCUT2D eigenvalue weighted by Crippen LogP contribution is 2.33. The van der Waals surface area contributed by atoms with E-state index < -0.39 is 12.8 Å². The minimum absolute atomic E-state index is 0.0171. The maximum Gasteiger partial charge on any atom is 0.422 e. The summed E-state index contributed by atoms with van der Waals surface area (Å²) in [5.41, 5.74) is 3.37. The standard InChI is InChI=1S/C19H19F3N2O/c1-18(2,3)13-4-5-15-12(8-13)9-16(24-15)14-6-7-23-10-17(14)25-11-19(20,21)22/h4-10,24H,11H2,1-3H3. The van der Waals surface area contributed by atoms with Crippen LogP contribution in [0.25, 0.3) is 22.2 Å². The molecule has 0 amide bonds. The van der Waals surface area contributed by atoms with E-state index in [2.05, 4.69) is 42.9 Å². The van der Waals surface area contributed by atoms with Crippen molar-refractivity contribution in [2.24, 2.45) is 0 Å². The molecule has 2 aromatic heterocycles. The van der Waals surface area contributed by atoms with Gasteiger partial charge in [0.1, 0.15) is 5.75 Å². The van der Waals surface area contributed by atoms with Gasteiger partial charge < -0.3 is 9.72 Å². The van der Waals surface area contributed by atoms with E-state index in [1.54, 1.807) is 6.07 Å². The van der Waals surface area contributed by atoms with Crippen LogP contribution in [0.4, 0.5) is 13.2 Å². The van der Waals surface area contributed by atoms with Crippen LogP contribution in [0.15, 0.2) is 42.7 Å². The Kier molecular flexibility index (Phi) is 4.22. The number of pyridine rings is 1. The lowest BCUT2D eigenvalue weighted by molar-refractivity contribution is -0.153. The number of benzene rings is 1. The van der Waals surface area contributed by atoms with Crippen molar-refractivity contribution in [3.8, 4) is 17.0 Å². The summed E-state index contributed by atoms with van der Waals surface area (Å²) in [5.74, 6) is 0.0995. The van der Waals surface area contributed by atoms with Crippen molar-refractivity contribution in [3.05, 3.63) is 48.3 Å². The number of aromatic nitrogens is 2. The summed E-state index contributed by atoms with van der Waals surface area (Å²) in [6.45, 7) is 5.05. The highest BCUT2D eigenvalue weighted by atomic mass is 19.4. The third-order valence-electron chi connectivity index (χ3n) is 3.95. The molecule has 0 aliphatic rings. The van der Waals surface area contributed by atoms with Crippen molar-refractivity contribution in [1.29, 1.82) is 0 Å². The number of ether oxygens (including phenoxy) is 1. The summed E-state index contributed by atoms with van der Waals surface area (Å²) < 4.78 is 42.3. The molecule has 0 aliphatic carbocycles. The first-order chi connectivity index (χ1) is 11.6. The van der Waals surface area contributed by atoms with Crippen LogP contribution in [-0.4, -0.2) is 22.8 Å². The van der Waals surface area contributed by atoms with Crippen molar-refractivity contribution in [3.63, 3.8) is 0 Å². The molecule has 0 saturated heterocycles. The number of H-pyrrole nitrogens is 1. The molecule has 0 aliphatic heterocycles. The summed E-state index contributed by atoms with van der Waals surface area (Å²) in [6.07, 6.45) is -1.57. The number of nitrogens with one attached hydrogen (secondary N) is 1. The minimum atomic E-state index is -4.39. The van der Waals surface area contributed by atoms with E-state index in [9.17, 15) is 13.2 Å². The quantitative estimate of drug-likeness (QED) is 0.682. The topological polar surface area (TPSA) is 37.9 Å². The molecule has 0 unspecified atom stereocenters. The van der Waals surface area contributed by atoms with Gasteiger partial charge in [-0.15, -0.1) is 0 Å². The van der Waals surface area contributed by atoms with Crippen molar-refractivity contribution in [1.82, 2.24) is 9.97 Å². The zero-order valence-electron chi connectivity index (χ0n) is 14.2. The number of hydrogen-bond donors (Lipinski definition) is 1. The van der Waals surface area contributed by atoms with E-state index in [0.29, 0.717) is 11.3 Å². The fourth-order valence-corrected chi connectivity index (χ4v) is 2.62. The maximum atomic E-state index is 12.4. The van der Waals surface area contributed by atoms with E-state index in [1.165, 1.54) is 18.0 Å². The van der Waals surface area contributed by atoms with E-state index in [0.717, 1.165) is 10.9 Å². The predicted octanol–water partition coefficient (Wildman–Crippen LogP) is 5.47. The second-order valence-corrected chi connectivity index (χ2v) is 7.01. The molecular formula is C19H19F3N2O. The van der Waals surface area contributed by atoms with E-state index in [-0.39, 0.29) is 11.2 Å². The molecule has 0 fully saturated rings. The second-order valence-electron chi connectivity index (χ2n) is 7.01. The second kappa shape index (κ2) is 6.10. The van der Waals surface area contributed by atoms with Crippen molar-refractivity contribution in [2.75, 3.05) is 6.61 Å². The molecule has 132 valence electrons. The van der Waals surface area contributed by atoms with Gasteiger partial charge in [-0.2, -0.15) is 13.2 Å². The fraction of sp³-hybridized carbons (Fsp3) is 0.316. The number of fused-ring (bicyclic) bond motifs is 1. The van der Waals surface area contributed by atoms with Crippen molar-refractivity contribution in [2.45, 2.75) is 32.4 Å². The van der Waals surface area contributed by atoms with Crippen LogP contribution in [-0.2, 0) is 5.41 Å². The highest BCUT2D eigenvalue weighted by molar-refractivity contribution is 5.87. The molecule has 1 aromatic carbocycles. The molecule has 0 saturated carbocycles. The van der Waals surface area contributed by atoms with Gasteiger partial charge >= 0.3 is 6.18 Å². The zero-order valence-corrected chi connectivity index (χ0v) is 14.2. The largest absolute Gasteiger partial charge is 0.482 e. The van der Waals surface area contributed by atoms with E-state index in [4.69, 9.17) is 4.74 Å². The predicted molar refractivity (Wildman–Crippen MR) is 91.8 cm³/mol. The zero-order chi connectivity index (χ0) is 18.2. The van der Waals surface area contributed by atoms with Crippen LogP contribution in [0, 0.1) is 0 Å². The molecule has 3 nitrogen and oxygen atoms in total. The number of hydrogen-bond acceptors (Lipinski definition) is 2. The summed E-state index contributed by atoms with van der Waals surface area (Å²) in [4.78, 5) is 7.10. The van der Waals surface area contributed by atoms with Gasteiger partial charge in [-0.1, -0.05) is 26.8 Å². The molecule has 0 bridgehead atoms. The first-order valence-electron chi connectivity index (χ1n) is 7.91. The first kappa shape index (κ1) is 17.3. The first-order valence-corrected chi connectivity index (χ1v) is 7.91. The maximum absolute atomic E-state index is 12.4. The molecule has 0 spiro atoms. The molecule has 2 heterocycles. The van der Waals surface area contributed by atoms with Gasteiger partial charge in [-0.3, -0.25) is 4.98 Å². The van der Waals surface area contributed by atoms with Crippen LogP contribution in [0.1, 0.15) is 26.3 Å². The van der Waals surface area contributed by atoms with Crippen LogP contribution >= 0.6 is 0 Å². The summed E-state index contributed by atoms with van der Waals surface area (Å²) in [6, 6.07) is 9.68. The van der Waals surface area contributed by atoms with Gasteiger partial charge in [0.15, 0.2) is 6.61 Å². The monoisotopic (exact) mass is 348 g/mol. The molecule has 25 heavy (non-hydrogen) atoms. The Morgan fingerprint density at radius 3 is 2.52 bits per heavy atom. The molecular weight excluding hydrogens is 329 g/mol. The molecule has 0 radical (unpaired) electrons. The lowest BCUT2D eigenvalue weighted by Gasteiger charge is -2.18. The Morgan fingerprint density at radius 2 is 1.84 bits per heavy atom. The number of rotatable bonds is 3. The molecule has 0 atom stereocenters. The summed E-state index contributed by atoms with van der Waals surface area (Å²) in [7, 11) is 0.